The van der Waals surface area contributed by atoms with Gasteiger partial charge in [-0.1, -0.05) is 20.8 Å². The third kappa shape index (κ3) is 2.78. The van der Waals surface area contributed by atoms with Gasteiger partial charge in [0.15, 0.2) is 0 Å². The second-order valence-corrected chi connectivity index (χ2v) is 8.19. The fourth-order valence-electron chi connectivity index (χ4n) is 3.51. The van der Waals surface area contributed by atoms with Crippen molar-refractivity contribution in [2.24, 2.45) is 5.92 Å². The van der Waals surface area contributed by atoms with Crippen molar-refractivity contribution in [1.82, 2.24) is 10.3 Å². The highest BCUT2D eigenvalue weighted by molar-refractivity contribution is 7.09. The topological polar surface area (TPSA) is 34.2 Å². The fourth-order valence-corrected chi connectivity index (χ4v) is 4.59. The summed E-state index contributed by atoms with van der Waals surface area (Å²) >= 11 is 1.81. The van der Waals surface area contributed by atoms with E-state index in [-0.39, 0.29) is 5.41 Å². The van der Waals surface area contributed by atoms with Crippen molar-refractivity contribution in [3.05, 3.63) is 16.1 Å². The molecular formula is C16H26N2OS. The van der Waals surface area contributed by atoms with Crippen LogP contribution in [-0.2, 0) is 16.6 Å². The molecule has 3 heterocycles. The Hall–Kier alpha value is -0.450. The normalized spacial score (nSPS) is 30.9. The molecule has 2 saturated heterocycles. The maximum absolute atomic E-state index is 6.01. The van der Waals surface area contributed by atoms with Gasteiger partial charge in [0.2, 0.25) is 0 Å². The first-order valence-corrected chi connectivity index (χ1v) is 8.63. The molecule has 4 atom stereocenters. The lowest BCUT2D eigenvalue weighted by atomic mass is 9.82. The summed E-state index contributed by atoms with van der Waals surface area (Å²) in [6.07, 6.45) is 5.80. The molecule has 2 aliphatic rings. The van der Waals surface area contributed by atoms with Crippen LogP contribution in [0.5, 0.6) is 0 Å². The molecule has 3 nitrogen and oxygen atoms in total. The SMILES string of the molecule is CNC(Cc1nc(C(C)(C)C)cs1)C1CC2CCC1O2. The molecule has 1 N–H and O–H groups in total. The molecule has 0 aromatic carbocycles. The van der Waals surface area contributed by atoms with E-state index in [2.05, 4.69) is 38.5 Å². The first-order chi connectivity index (χ1) is 9.47. The predicted molar refractivity (Wildman–Crippen MR) is 83.4 cm³/mol. The van der Waals surface area contributed by atoms with Gasteiger partial charge < -0.3 is 10.1 Å². The van der Waals surface area contributed by atoms with Crippen molar-refractivity contribution in [2.45, 2.75) is 70.1 Å². The molecule has 20 heavy (non-hydrogen) atoms. The van der Waals surface area contributed by atoms with Crippen molar-refractivity contribution < 1.29 is 4.74 Å². The van der Waals surface area contributed by atoms with E-state index in [4.69, 9.17) is 9.72 Å². The molecule has 2 aliphatic heterocycles. The van der Waals surface area contributed by atoms with Crippen molar-refractivity contribution in [3.8, 4) is 0 Å². The van der Waals surface area contributed by atoms with Crippen molar-refractivity contribution in [2.75, 3.05) is 7.05 Å². The zero-order valence-electron chi connectivity index (χ0n) is 13.0. The van der Waals surface area contributed by atoms with Crippen LogP contribution in [-0.4, -0.2) is 30.3 Å². The van der Waals surface area contributed by atoms with Gasteiger partial charge in [0.05, 0.1) is 22.9 Å². The Morgan fingerprint density at radius 2 is 2.25 bits per heavy atom. The lowest BCUT2D eigenvalue weighted by Crippen LogP contribution is -2.40. The Morgan fingerprint density at radius 1 is 1.45 bits per heavy atom. The molecule has 0 spiro atoms. The molecule has 2 bridgehead atoms. The number of hydrogen-bond donors (Lipinski definition) is 1. The van der Waals surface area contributed by atoms with Crippen LogP contribution in [0, 0.1) is 5.92 Å². The van der Waals surface area contributed by atoms with Crippen LogP contribution in [0.4, 0.5) is 0 Å². The lowest BCUT2D eigenvalue weighted by molar-refractivity contribution is 0.0863. The molecule has 4 unspecified atom stereocenters. The van der Waals surface area contributed by atoms with Gasteiger partial charge in [-0.3, -0.25) is 0 Å². The number of rotatable bonds is 4. The molecule has 0 aliphatic carbocycles. The molecule has 1 aromatic rings. The summed E-state index contributed by atoms with van der Waals surface area (Å²) in [4.78, 5) is 4.84. The van der Waals surface area contributed by atoms with Crippen LogP contribution in [0.1, 0.15) is 50.7 Å². The number of likely N-dealkylation sites (N-methyl/N-ethyl adjacent to an activating group) is 1. The highest BCUT2D eigenvalue weighted by Gasteiger charge is 2.44. The largest absolute Gasteiger partial charge is 0.375 e. The van der Waals surface area contributed by atoms with Gasteiger partial charge in [0.1, 0.15) is 0 Å². The Morgan fingerprint density at radius 3 is 2.75 bits per heavy atom. The molecular weight excluding hydrogens is 268 g/mol. The number of hydrogen-bond acceptors (Lipinski definition) is 4. The summed E-state index contributed by atoms with van der Waals surface area (Å²) in [5, 5.41) is 6.99. The van der Waals surface area contributed by atoms with E-state index >= 15 is 0 Å². The second-order valence-electron chi connectivity index (χ2n) is 7.25. The van der Waals surface area contributed by atoms with Gasteiger partial charge in [-0.2, -0.15) is 0 Å². The minimum atomic E-state index is 0.152. The summed E-state index contributed by atoms with van der Waals surface area (Å²) < 4.78 is 6.01. The minimum absolute atomic E-state index is 0.152. The molecule has 0 radical (unpaired) electrons. The summed E-state index contributed by atoms with van der Waals surface area (Å²) in [5.74, 6) is 0.667. The van der Waals surface area contributed by atoms with E-state index in [1.54, 1.807) is 0 Å². The molecule has 2 fully saturated rings. The summed E-state index contributed by atoms with van der Waals surface area (Å²) in [6.45, 7) is 6.68. The van der Waals surface area contributed by atoms with Crippen LogP contribution in [0.15, 0.2) is 5.38 Å². The smallest absolute Gasteiger partial charge is 0.0944 e. The molecule has 0 saturated carbocycles. The highest BCUT2D eigenvalue weighted by atomic mass is 32.1. The zero-order valence-corrected chi connectivity index (χ0v) is 13.8. The number of thiazole rings is 1. The van der Waals surface area contributed by atoms with Gasteiger partial charge in [0.25, 0.3) is 0 Å². The summed E-state index contributed by atoms with van der Waals surface area (Å²) in [6, 6.07) is 0.504. The van der Waals surface area contributed by atoms with Crippen molar-refractivity contribution in [1.29, 1.82) is 0 Å². The number of ether oxygens (including phenoxy) is 1. The third-order valence-electron chi connectivity index (χ3n) is 4.76. The van der Waals surface area contributed by atoms with E-state index in [1.165, 1.54) is 30.0 Å². The standard InChI is InChI=1S/C16H26N2OS/c1-16(2,3)14-9-20-15(18-14)8-12(17-4)11-7-10-5-6-13(11)19-10/h9-13,17H,5-8H2,1-4H3. The minimum Gasteiger partial charge on any atom is -0.375 e. The van der Waals surface area contributed by atoms with Gasteiger partial charge in [-0.25, -0.2) is 4.98 Å². The predicted octanol–water partition coefficient (Wildman–Crippen LogP) is 3.14. The first-order valence-electron chi connectivity index (χ1n) is 7.75. The highest BCUT2D eigenvalue weighted by Crippen LogP contribution is 2.41. The molecule has 3 rings (SSSR count). The Kier molecular flexibility index (Phi) is 3.91. The Bertz CT molecular complexity index is 465. The van der Waals surface area contributed by atoms with E-state index in [0.29, 0.717) is 24.2 Å². The number of nitrogens with zero attached hydrogens (tertiary/aromatic N) is 1. The maximum atomic E-state index is 6.01. The quantitative estimate of drug-likeness (QED) is 0.926. The van der Waals surface area contributed by atoms with Gasteiger partial charge in [-0.15, -0.1) is 11.3 Å². The summed E-state index contributed by atoms with van der Waals surface area (Å²) in [5.41, 5.74) is 1.37. The molecule has 4 heteroatoms. The van der Waals surface area contributed by atoms with E-state index < -0.39 is 0 Å². The zero-order chi connectivity index (χ0) is 14.3. The van der Waals surface area contributed by atoms with E-state index in [0.717, 1.165) is 6.42 Å². The fraction of sp³-hybridized carbons (Fsp3) is 0.812. The van der Waals surface area contributed by atoms with Crippen LogP contribution in [0.2, 0.25) is 0 Å². The molecule has 0 amide bonds. The number of nitrogens with one attached hydrogen (secondary N) is 1. The van der Waals surface area contributed by atoms with E-state index in [1.807, 2.05) is 11.3 Å². The maximum Gasteiger partial charge on any atom is 0.0944 e. The monoisotopic (exact) mass is 294 g/mol. The van der Waals surface area contributed by atoms with Crippen LogP contribution >= 0.6 is 11.3 Å². The summed E-state index contributed by atoms with van der Waals surface area (Å²) in [7, 11) is 2.08. The van der Waals surface area contributed by atoms with Crippen LogP contribution in [0.3, 0.4) is 0 Å². The Labute approximate surface area is 126 Å². The van der Waals surface area contributed by atoms with Gasteiger partial charge in [-0.05, 0) is 26.3 Å². The first kappa shape index (κ1) is 14.5. The average Bonchev–Trinajstić information content (AvgIpc) is 3.10. The average molecular weight is 294 g/mol. The van der Waals surface area contributed by atoms with Crippen molar-refractivity contribution in [3.63, 3.8) is 0 Å². The van der Waals surface area contributed by atoms with Crippen molar-refractivity contribution >= 4 is 11.3 Å². The lowest BCUT2D eigenvalue weighted by Gasteiger charge is -2.27. The molecule has 1 aromatic heterocycles. The number of aromatic nitrogens is 1. The van der Waals surface area contributed by atoms with Crippen LogP contribution in [0.25, 0.3) is 0 Å². The third-order valence-corrected chi connectivity index (χ3v) is 5.63. The molecule has 112 valence electrons. The second kappa shape index (κ2) is 5.39. The van der Waals surface area contributed by atoms with Gasteiger partial charge >= 0.3 is 0 Å². The van der Waals surface area contributed by atoms with E-state index in [9.17, 15) is 0 Å². The number of fused-ring (bicyclic) bond motifs is 2. The van der Waals surface area contributed by atoms with Gasteiger partial charge in [0, 0.05) is 29.2 Å². The van der Waals surface area contributed by atoms with Crippen LogP contribution < -0.4 is 5.32 Å². The Balaban J connectivity index is 1.67.